The maximum Gasteiger partial charge on any atom is 0.160 e. The zero-order chi connectivity index (χ0) is 12.1. The molecule has 86 valence electrons. The summed E-state index contributed by atoms with van der Waals surface area (Å²) in [5, 5.41) is 19.0. The number of hydrogen-bond acceptors (Lipinski definition) is 2. The van der Waals surface area contributed by atoms with Gasteiger partial charge in [0, 0.05) is 5.56 Å². The number of phenols is 2. The van der Waals surface area contributed by atoms with Crippen LogP contribution in [0.2, 0.25) is 0 Å². The normalized spacial score (nSPS) is 10.8. The number of para-hydroxylation sites is 1. The lowest BCUT2D eigenvalue weighted by atomic mass is 10.1. The van der Waals surface area contributed by atoms with Gasteiger partial charge in [-0.15, -0.1) is 0 Å². The second kappa shape index (κ2) is 5.21. The largest absolute Gasteiger partial charge is 0.504 e. The first kappa shape index (κ1) is 11.3. The van der Waals surface area contributed by atoms with E-state index >= 15 is 0 Å². The molecule has 0 saturated heterocycles. The van der Waals surface area contributed by atoms with Crippen LogP contribution >= 0.6 is 0 Å². The molecule has 0 amide bonds. The highest BCUT2D eigenvalue weighted by molar-refractivity contribution is 5.51. The Balaban J connectivity index is 2.08. The number of phenolic OH excluding ortho intramolecular Hbond substituents is 2. The molecule has 0 saturated carbocycles. The summed E-state index contributed by atoms with van der Waals surface area (Å²) in [5.41, 5.74) is 1.84. The first-order valence-electron chi connectivity index (χ1n) is 5.49. The molecule has 2 heteroatoms. The quantitative estimate of drug-likeness (QED) is 0.788. The van der Waals surface area contributed by atoms with Gasteiger partial charge in [-0.25, -0.2) is 0 Å². The monoisotopic (exact) mass is 226 g/mol. The molecule has 0 spiro atoms. The molecule has 0 aliphatic heterocycles. The van der Waals surface area contributed by atoms with Crippen LogP contribution in [0.1, 0.15) is 11.1 Å². The summed E-state index contributed by atoms with van der Waals surface area (Å²) in [6.07, 6.45) is 4.54. The van der Waals surface area contributed by atoms with Gasteiger partial charge in [0.1, 0.15) is 0 Å². The van der Waals surface area contributed by atoms with Gasteiger partial charge in [-0.05, 0) is 18.1 Å². The number of aromatic hydroxyl groups is 2. The van der Waals surface area contributed by atoms with E-state index in [0.717, 1.165) is 11.1 Å². The average Bonchev–Trinajstić information content (AvgIpc) is 2.36. The summed E-state index contributed by atoms with van der Waals surface area (Å²) in [7, 11) is 0. The van der Waals surface area contributed by atoms with Gasteiger partial charge < -0.3 is 10.2 Å². The van der Waals surface area contributed by atoms with Gasteiger partial charge in [-0.2, -0.15) is 0 Å². The Labute approximate surface area is 100 Å². The number of hydrogen-bond donors (Lipinski definition) is 2. The Morgan fingerprint density at radius 3 is 2.41 bits per heavy atom. The fraction of sp³-hybridized carbons (Fsp3) is 0.0667. The molecule has 0 aromatic heterocycles. The van der Waals surface area contributed by atoms with Crippen molar-refractivity contribution in [1.29, 1.82) is 0 Å². The van der Waals surface area contributed by atoms with Crippen LogP contribution < -0.4 is 0 Å². The van der Waals surface area contributed by atoms with Crippen LogP contribution in [0.3, 0.4) is 0 Å². The zero-order valence-electron chi connectivity index (χ0n) is 9.38. The van der Waals surface area contributed by atoms with Gasteiger partial charge in [0.2, 0.25) is 0 Å². The van der Waals surface area contributed by atoms with Crippen molar-refractivity contribution in [2.24, 2.45) is 0 Å². The second-order valence-electron chi connectivity index (χ2n) is 3.80. The van der Waals surface area contributed by atoms with E-state index in [-0.39, 0.29) is 11.5 Å². The van der Waals surface area contributed by atoms with Gasteiger partial charge in [-0.3, -0.25) is 0 Å². The maximum atomic E-state index is 9.61. The Hall–Kier alpha value is -2.22. The number of allylic oxidation sites excluding steroid dienone is 1. The minimum Gasteiger partial charge on any atom is -0.504 e. The van der Waals surface area contributed by atoms with E-state index in [2.05, 4.69) is 0 Å². The molecule has 0 atom stereocenters. The van der Waals surface area contributed by atoms with Crippen LogP contribution in [0.5, 0.6) is 11.5 Å². The lowest BCUT2D eigenvalue weighted by Crippen LogP contribution is -1.82. The Bertz CT molecular complexity index is 516. The Kier molecular flexibility index (Phi) is 3.46. The Morgan fingerprint density at radius 2 is 1.65 bits per heavy atom. The molecule has 17 heavy (non-hydrogen) atoms. The van der Waals surface area contributed by atoms with Crippen LogP contribution in [0.4, 0.5) is 0 Å². The van der Waals surface area contributed by atoms with Crippen LogP contribution in [0.15, 0.2) is 54.6 Å². The molecule has 0 radical (unpaired) electrons. The van der Waals surface area contributed by atoms with E-state index in [1.165, 1.54) is 6.07 Å². The van der Waals surface area contributed by atoms with Crippen molar-refractivity contribution in [1.82, 2.24) is 0 Å². The third-order valence-corrected chi connectivity index (χ3v) is 2.55. The van der Waals surface area contributed by atoms with E-state index in [1.54, 1.807) is 12.1 Å². The van der Waals surface area contributed by atoms with Crippen molar-refractivity contribution in [2.75, 3.05) is 0 Å². The summed E-state index contributed by atoms with van der Waals surface area (Å²) in [5.74, 6) is -0.110. The van der Waals surface area contributed by atoms with Crippen molar-refractivity contribution >= 4 is 6.08 Å². The molecular formula is C15H14O2. The fourth-order valence-corrected chi connectivity index (χ4v) is 1.63. The second-order valence-corrected chi connectivity index (χ2v) is 3.80. The van der Waals surface area contributed by atoms with E-state index in [9.17, 15) is 10.2 Å². The van der Waals surface area contributed by atoms with Gasteiger partial charge in [-0.1, -0.05) is 54.6 Å². The van der Waals surface area contributed by atoms with Crippen molar-refractivity contribution in [3.63, 3.8) is 0 Å². The standard InChI is InChI=1S/C15H14O2/c16-14-11-5-10-13(15(14)17)9-4-8-12-6-2-1-3-7-12/h1-8,10-11,16-17H,9H2. The molecule has 2 aromatic carbocycles. The lowest BCUT2D eigenvalue weighted by molar-refractivity contribution is 0.400. The molecule has 0 unspecified atom stereocenters. The van der Waals surface area contributed by atoms with Crippen LogP contribution in [-0.4, -0.2) is 10.2 Å². The minimum absolute atomic E-state index is 0.0368. The highest BCUT2D eigenvalue weighted by atomic mass is 16.3. The molecule has 0 fully saturated rings. The summed E-state index contributed by atoms with van der Waals surface area (Å²) in [4.78, 5) is 0. The topological polar surface area (TPSA) is 40.5 Å². The van der Waals surface area contributed by atoms with Gasteiger partial charge in [0.25, 0.3) is 0 Å². The smallest absolute Gasteiger partial charge is 0.160 e. The van der Waals surface area contributed by atoms with Crippen molar-refractivity contribution in [3.8, 4) is 11.5 Å². The predicted molar refractivity (Wildman–Crippen MR) is 69.0 cm³/mol. The molecule has 2 nitrogen and oxygen atoms in total. The highest BCUT2D eigenvalue weighted by Crippen LogP contribution is 2.28. The number of benzene rings is 2. The molecule has 0 aliphatic rings. The van der Waals surface area contributed by atoms with Crippen molar-refractivity contribution < 1.29 is 10.2 Å². The van der Waals surface area contributed by atoms with Crippen molar-refractivity contribution in [2.45, 2.75) is 6.42 Å². The lowest BCUT2D eigenvalue weighted by Gasteiger charge is -2.02. The van der Waals surface area contributed by atoms with E-state index in [4.69, 9.17) is 0 Å². The van der Waals surface area contributed by atoms with Crippen LogP contribution in [0.25, 0.3) is 6.08 Å². The molecule has 2 rings (SSSR count). The van der Waals surface area contributed by atoms with Crippen LogP contribution in [0, 0.1) is 0 Å². The minimum atomic E-state index is -0.0735. The fourth-order valence-electron chi connectivity index (χ4n) is 1.63. The average molecular weight is 226 g/mol. The highest BCUT2D eigenvalue weighted by Gasteiger charge is 2.02. The SMILES string of the molecule is Oc1cccc(CC=Cc2ccccc2)c1O. The Morgan fingerprint density at radius 1 is 0.882 bits per heavy atom. The number of rotatable bonds is 3. The maximum absolute atomic E-state index is 9.61. The van der Waals surface area contributed by atoms with E-state index in [1.807, 2.05) is 42.5 Å². The van der Waals surface area contributed by atoms with Gasteiger partial charge in [0.05, 0.1) is 0 Å². The third kappa shape index (κ3) is 2.88. The van der Waals surface area contributed by atoms with Crippen LogP contribution in [-0.2, 0) is 6.42 Å². The third-order valence-electron chi connectivity index (χ3n) is 2.55. The molecule has 0 heterocycles. The van der Waals surface area contributed by atoms with E-state index in [0.29, 0.717) is 6.42 Å². The van der Waals surface area contributed by atoms with Gasteiger partial charge >= 0.3 is 0 Å². The molecule has 2 aromatic rings. The summed E-state index contributed by atoms with van der Waals surface area (Å²) in [6.45, 7) is 0. The summed E-state index contributed by atoms with van der Waals surface area (Å²) < 4.78 is 0. The summed E-state index contributed by atoms with van der Waals surface area (Å²) >= 11 is 0. The van der Waals surface area contributed by atoms with Crippen molar-refractivity contribution in [3.05, 3.63) is 65.7 Å². The molecule has 2 N–H and O–H groups in total. The zero-order valence-corrected chi connectivity index (χ0v) is 9.38. The predicted octanol–water partition coefficient (Wildman–Crippen LogP) is 3.35. The molecule has 0 bridgehead atoms. The first-order chi connectivity index (χ1) is 8.27. The first-order valence-corrected chi connectivity index (χ1v) is 5.49. The van der Waals surface area contributed by atoms with E-state index < -0.39 is 0 Å². The summed E-state index contributed by atoms with van der Waals surface area (Å²) in [6, 6.07) is 14.9. The molecular weight excluding hydrogens is 212 g/mol. The molecule has 0 aliphatic carbocycles. The van der Waals surface area contributed by atoms with Gasteiger partial charge in [0.15, 0.2) is 11.5 Å².